The first-order chi connectivity index (χ1) is 9.76. The first-order valence-electron chi connectivity index (χ1n) is 7.18. The second kappa shape index (κ2) is 6.32. The van der Waals surface area contributed by atoms with Gasteiger partial charge in [-0.15, -0.1) is 0 Å². The topological polar surface area (TPSA) is 0 Å². The third-order valence-corrected chi connectivity index (χ3v) is 5.21. The third-order valence-electron chi connectivity index (χ3n) is 4.17. The van der Waals surface area contributed by atoms with Crippen molar-refractivity contribution in [2.24, 2.45) is 0 Å². The van der Waals surface area contributed by atoms with E-state index in [9.17, 15) is 0 Å². The molecule has 0 saturated heterocycles. The van der Waals surface area contributed by atoms with E-state index in [0.29, 0.717) is 5.92 Å². The second-order valence-electron chi connectivity index (χ2n) is 5.56. The number of benzene rings is 2. The Morgan fingerprint density at radius 1 is 1.00 bits per heavy atom. The van der Waals surface area contributed by atoms with Gasteiger partial charge in [0.05, 0.1) is 0 Å². The molecule has 0 radical (unpaired) electrons. The van der Waals surface area contributed by atoms with Crippen molar-refractivity contribution in [2.75, 3.05) is 5.33 Å². The van der Waals surface area contributed by atoms with E-state index >= 15 is 0 Å². The van der Waals surface area contributed by atoms with Crippen molar-refractivity contribution in [1.82, 2.24) is 0 Å². The number of halogens is 2. The summed E-state index contributed by atoms with van der Waals surface area (Å²) in [5, 5.41) is 1.78. The molecule has 2 heteroatoms. The molecule has 0 saturated carbocycles. The van der Waals surface area contributed by atoms with Crippen LogP contribution in [0.1, 0.15) is 34.6 Å². The minimum atomic E-state index is 0.506. The van der Waals surface area contributed by atoms with Crippen LogP contribution in [0.5, 0.6) is 0 Å². The lowest BCUT2D eigenvalue weighted by molar-refractivity contribution is 0.774. The average Bonchev–Trinajstić information content (AvgIpc) is 2.93. The molecule has 0 aromatic heterocycles. The zero-order valence-electron chi connectivity index (χ0n) is 11.4. The molecule has 3 rings (SSSR count). The van der Waals surface area contributed by atoms with Crippen LogP contribution in [0.25, 0.3) is 0 Å². The predicted octanol–water partition coefficient (Wildman–Crippen LogP) is 5.55. The maximum absolute atomic E-state index is 5.97. The molecular weight excluding hydrogens is 332 g/mol. The summed E-state index contributed by atoms with van der Waals surface area (Å²) in [5.41, 5.74) is 5.92. The minimum absolute atomic E-state index is 0.506. The normalized spacial score (nSPS) is 15.1. The fraction of sp³-hybridized carbons (Fsp3) is 0.333. The van der Waals surface area contributed by atoms with E-state index in [-0.39, 0.29) is 0 Å². The van der Waals surface area contributed by atoms with Gasteiger partial charge < -0.3 is 0 Å². The number of rotatable bonds is 4. The fourth-order valence-corrected chi connectivity index (χ4v) is 3.76. The highest BCUT2D eigenvalue weighted by atomic mass is 79.9. The van der Waals surface area contributed by atoms with Crippen molar-refractivity contribution in [2.45, 2.75) is 31.6 Å². The zero-order chi connectivity index (χ0) is 13.9. The van der Waals surface area contributed by atoms with E-state index in [1.54, 1.807) is 11.1 Å². The van der Waals surface area contributed by atoms with Crippen LogP contribution in [0.15, 0.2) is 42.5 Å². The van der Waals surface area contributed by atoms with Crippen LogP contribution >= 0.6 is 27.5 Å². The van der Waals surface area contributed by atoms with Gasteiger partial charge in [-0.3, -0.25) is 0 Å². The summed E-state index contributed by atoms with van der Waals surface area (Å²) >= 11 is 9.63. The number of hydrogen-bond acceptors (Lipinski definition) is 0. The molecule has 0 nitrogen and oxygen atoms in total. The molecule has 0 amide bonds. The minimum Gasteiger partial charge on any atom is -0.0921 e. The van der Waals surface area contributed by atoms with Crippen molar-refractivity contribution >= 4 is 27.5 Å². The molecular formula is C18H18BrCl. The molecule has 0 heterocycles. The Morgan fingerprint density at radius 2 is 1.75 bits per heavy atom. The molecule has 1 unspecified atom stereocenters. The molecule has 1 aliphatic carbocycles. The van der Waals surface area contributed by atoms with Gasteiger partial charge in [0, 0.05) is 10.4 Å². The number of alkyl halides is 1. The quantitative estimate of drug-likeness (QED) is 0.635. The zero-order valence-corrected chi connectivity index (χ0v) is 13.8. The lowest BCUT2D eigenvalue weighted by atomic mass is 9.92. The number of hydrogen-bond donors (Lipinski definition) is 0. The fourth-order valence-electron chi connectivity index (χ4n) is 3.03. The SMILES string of the molecule is Clc1ccc(C(CBr)Cc2ccc3c(c2)CCC3)cc1. The van der Waals surface area contributed by atoms with Gasteiger partial charge in [-0.2, -0.15) is 0 Å². The lowest BCUT2D eigenvalue weighted by Gasteiger charge is -2.15. The van der Waals surface area contributed by atoms with E-state index in [4.69, 9.17) is 11.6 Å². The Morgan fingerprint density at radius 3 is 2.50 bits per heavy atom. The highest BCUT2D eigenvalue weighted by Crippen LogP contribution is 2.28. The standard InChI is InChI=1S/C18H18BrCl/c19-12-17(15-6-8-18(20)9-7-15)11-13-4-5-14-2-1-3-16(14)10-13/h4-10,17H,1-3,11-12H2. The first-order valence-corrected chi connectivity index (χ1v) is 8.68. The van der Waals surface area contributed by atoms with Crippen LogP contribution in [-0.4, -0.2) is 5.33 Å². The molecule has 0 N–H and O–H groups in total. The van der Waals surface area contributed by atoms with Crippen molar-refractivity contribution in [3.8, 4) is 0 Å². The first kappa shape index (κ1) is 14.2. The van der Waals surface area contributed by atoms with Crippen LogP contribution < -0.4 is 0 Å². The molecule has 2 aromatic rings. The van der Waals surface area contributed by atoms with Gasteiger partial charge in [-0.1, -0.05) is 57.9 Å². The van der Waals surface area contributed by atoms with E-state index in [1.807, 2.05) is 12.1 Å². The number of aryl methyl sites for hydroxylation is 2. The Kier molecular flexibility index (Phi) is 4.48. The summed E-state index contributed by atoms with van der Waals surface area (Å²) in [6, 6.07) is 15.3. The maximum atomic E-state index is 5.97. The molecule has 0 fully saturated rings. The van der Waals surface area contributed by atoms with Gasteiger partial charge in [0.25, 0.3) is 0 Å². The molecule has 20 heavy (non-hydrogen) atoms. The summed E-state index contributed by atoms with van der Waals surface area (Å²) in [7, 11) is 0. The van der Waals surface area contributed by atoms with Gasteiger partial charge in [0.15, 0.2) is 0 Å². The van der Waals surface area contributed by atoms with Crippen LogP contribution in [0.4, 0.5) is 0 Å². The van der Waals surface area contributed by atoms with E-state index in [1.165, 1.54) is 30.4 Å². The smallest absolute Gasteiger partial charge is 0.0406 e. The van der Waals surface area contributed by atoms with Crippen molar-refractivity contribution < 1.29 is 0 Å². The van der Waals surface area contributed by atoms with Gasteiger partial charge in [0.2, 0.25) is 0 Å². The molecule has 104 valence electrons. The molecule has 0 aliphatic heterocycles. The largest absolute Gasteiger partial charge is 0.0921 e. The molecule has 1 atom stereocenters. The van der Waals surface area contributed by atoms with Crippen LogP contribution in [-0.2, 0) is 19.3 Å². The Bertz CT molecular complexity index is 589. The Balaban J connectivity index is 1.79. The summed E-state index contributed by atoms with van der Waals surface area (Å²) in [6.07, 6.45) is 4.91. The number of fused-ring (bicyclic) bond motifs is 1. The van der Waals surface area contributed by atoms with Crippen LogP contribution in [0.3, 0.4) is 0 Å². The highest BCUT2D eigenvalue weighted by Gasteiger charge is 2.14. The van der Waals surface area contributed by atoms with Gasteiger partial charge in [0.1, 0.15) is 0 Å². The van der Waals surface area contributed by atoms with Crippen LogP contribution in [0.2, 0.25) is 5.02 Å². The average molecular weight is 350 g/mol. The Labute approximate surface area is 134 Å². The van der Waals surface area contributed by atoms with Crippen LogP contribution in [0, 0.1) is 0 Å². The molecule has 0 bridgehead atoms. The Hall–Kier alpha value is -0.790. The van der Waals surface area contributed by atoms with Gasteiger partial charge in [-0.25, -0.2) is 0 Å². The highest BCUT2D eigenvalue weighted by molar-refractivity contribution is 9.09. The van der Waals surface area contributed by atoms with Crippen molar-refractivity contribution in [3.05, 3.63) is 69.7 Å². The van der Waals surface area contributed by atoms with E-state index in [2.05, 4.69) is 46.3 Å². The van der Waals surface area contributed by atoms with E-state index < -0.39 is 0 Å². The summed E-state index contributed by atoms with van der Waals surface area (Å²) in [5.74, 6) is 0.506. The molecule has 2 aromatic carbocycles. The lowest BCUT2D eigenvalue weighted by Crippen LogP contribution is -2.05. The van der Waals surface area contributed by atoms with Crippen molar-refractivity contribution in [3.63, 3.8) is 0 Å². The molecule has 0 spiro atoms. The van der Waals surface area contributed by atoms with Gasteiger partial charge >= 0.3 is 0 Å². The summed E-state index contributed by atoms with van der Waals surface area (Å²) in [4.78, 5) is 0. The third kappa shape index (κ3) is 3.10. The maximum Gasteiger partial charge on any atom is 0.0406 e. The van der Waals surface area contributed by atoms with Gasteiger partial charge in [-0.05, 0) is 66.0 Å². The summed E-state index contributed by atoms with van der Waals surface area (Å²) < 4.78 is 0. The van der Waals surface area contributed by atoms with E-state index in [0.717, 1.165) is 16.8 Å². The van der Waals surface area contributed by atoms with Crippen molar-refractivity contribution in [1.29, 1.82) is 0 Å². The molecule has 1 aliphatic rings. The predicted molar refractivity (Wildman–Crippen MR) is 90.2 cm³/mol. The summed E-state index contributed by atoms with van der Waals surface area (Å²) in [6.45, 7) is 0. The monoisotopic (exact) mass is 348 g/mol. The second-order valence-corrected chi connectivity index (χ2v) is 6.65.